The molecule has 3 aromatic rings. The normalized spacial score (nSPS) is 10.3. The van der Waals surface area contributed by atoms with Crippen LogP contribution in [0.2, 0.25) is 5.02 Å². The van der Waals surface area contributed by atoms with E-state index in [2.05, 4.69) is 10.3 Å². The lowest BCUT2D eigenvalue weighted by molar-refractivity contribution is 0.215. The number of fused-ring (bicyclic) bond motifs is 1. The Hall–Kier alpha value is -2.59. The molecule has 1 N–H and O–H groups in total. The molecule has 0 bridgehead atoms. The van der Waals surface area contributed by atoms with Gasteiger partial charge < -0.3 is 4.74 Å². The van der Waals surface area contributed by atoms with E-state index in [0.717, 1.165) is 10.9 Å². The summed E-state index contributed by atoms with van der Waals surface area (Å²) in [5.74, 6) is 0.297. The molecule has 2 aromatic carbocycles. The van der Waals surface area contributed by atoms with Crippen molar-refractivity contribution in [3.63, 3.8) is 0 Å². The molecule has 0 aliphatic heterocycles. The van der Waals surface area contributed by atoms with Gasteiger partial charge in [-0.1, -0.05) is 29.8 Å². The van der Waals surface area contributed by atoms with E-state index in [1.165, 1.54) is 0 Å². The Kier molecular flexibility index (Phi) is 3.71. The number of rotatable bonds is 2. The lowest BCUT2D eigenvalue weighted by atomic mass is 10.2. The number of hydrogen-bond acceptors (Lipinski definition) is 3. The van der Waals surface area contributed by atoms with Crippen molar-refractivity contribution in [3.8, 4) is 5.75 Å². The first-order valence-electron chi connectivity index (χ1n) is 6.31. The summed E-state index contributed by atoms with van der Waals surface area (Å²) in [6.07, 6.45) is 1.09. The van der Waals surface area contributed by atoms with Crippen LogP contribution < -0.4 is 10.1 Å². The van der Waals surface area contributed by atoms with E-state index in [-0.39, 0.29) is 0 Å². The van der Waals surface area contributed by atoms with Gasteiger partial charge in [0.15, 0.2) is 5.75 Å². The van der Waals surface area contributed by atoms with E-state index >= 15 is 0 Å². The van der Waals surface area contributed by atoms with Crippen molar-refractivity contribution in [2.24, 2.45) is 0 Å². The van der Waals surface area contributed by atoms with E-state index in [9.17, 15) is 4.79 Å². The molecular formula is C16H11ClN2O2. The summed E-state index contributed by atoms with van der Waals surface area (Å²) in [5.41, 5.74) is 1.40. The van der Waals surface area contributed by atoms with Crippen molar-refractivity contribution in [1.29, 1.82) is 0 Å². The minimum Gasteiger partial charge on any atom is -0.408 e. The Labute approximate surface area is 126 Å². The third-order valence-electron chi connectivity index (χ3n) is 2.91. The van der Waals surface area contributed by atoms with Crippen molar-refractivity contribution in [1.82, 2.24) is 4.98 Å². The number of nitrogens with one attached hydrogen (secondary N) is 1. The molecular weight excluding hydrogens is 288 g/mol. The highest BCUT2D eigenvalue weighted by Crippen LogP contribution is 2.31. The first-order valence-corrected chi connectivity index (χ1v) is 6.69. The predicted octanol–water partition coefficient (Wildman–Crippen LogP) is 4.50. The van der Waals surface area contributed by atoms with Gasteiger partial charge in [-0.15, -0.1) is 0 Å². The van der Waals surface area contributed by atoms with Crippen LogP contribution in [0.25, 0.3) is 10.9 Å². The summed E-state index contributed by atoms with van der Waals surface area (Å²) < 4.78 is 5.25. The van der Waals surface area contributed by atoms with E-state index < -0.39 is 6.09 Å². The third-order valence-corrected chi connectivity index (χ3v) is 3.30. The minimum atomic E-state index is -0.591. The topological polar surface area (TPSA) is 51.2 Å². The van der Waals surface area contributed by atoms with E-state index in [4.69, 9.17) is 16.3 Å². The fourth-order valence-corrected chi connectivity index (χ4v) is 2.20. The quantitative estimate of drug-likeness (QED) is 0.758. The van der Waals surface area contributed by atoms with Gasteiger partial charge in [0.25, 0.3) is 0 Å². The van der Waals surface area contributed by atoms with Crippen LogP contribution in [0.1, 0.15) is 0 Å². The van der Waals surface area contributed by atoms with Gasteiger partial charge in [-0.3, -0.25) is 10.3 Å². The molecule has 3 rings (SSSR count). The Bertz CT molecular complexity index is 791. The molecule has 0 spiro atoms. The number of amides is 1. The molecule has 1 heterocycles. The second-order valence-corrected chi connectivity index (χ2v) is 4.71. The van der Waals surface area contributed by atoms with Gasteiger partial charge in [-0.25, -0.2) is 4.79 Å². The number of nitrogens with zero attached hydrogens (tertiary/aromatic N) is 1. The smallest absolute Gasteiger partial charge is 0.408 e. The van der Waals surface area contributed by atoms with Crippen LogP contribution in [0.5, 0.6) is 5.75 Å². The molecule has 0 saturated heterocycles. The third kappa shape index (κ3) is 2.95. The SMILES string of the molecule is O=C(Nc1ccccc1)Oc1ccc2ncccc2c1Cl. The fourth-order valence-electron chi connectivity index (χ4n) is 1.94. The van der Waals surface area contributed by atoms with Crippen LogP contribution in [0.15, 0.2) is 60.8 Å². The summed E-state index contributed by atoms with van der Waals surface area (Å²) in [5, 5.41) is 3.73. The molecule has 0 unspecified atom stereocenters. The Morgan fingerprint density at radius 1 is 1.05 bits per heavy atom. The highest BCUT2D eigenvalue weighted by molar-refractivity contribution is 6.37. The van der Waals surface area contributed by atoms with Gasteiger partial charge >= 0.3 is 6.09 Å². The van der Waals surface area contributed by atoms with E-state index in [1.54, 1.807) is 36.5 Å². The van der Waals surface area contributed by atoms with E-state index in [0.29, 0.717) is 16.5 Å². The summed E-state index contributed by atoms with van der Waals surface area (Å²) in [7, 11) is 0. The number of carbonyl (C=O) groups is 1. The van der Waals surface area contributed by atoms with Gasteiger partial charge in [0.1, 0.15) is 0 Å². The highest BCUT2D eigenvalue weighted by Gasteiger charge is 2.11. The molecule has 21 heavy (non-hydrogen) atoms. The zero-order chi connectivity index (χ0) is 14.7. The lowest BCUT2D eigenvalue weighted by Crippen LogP contribution is -2.16. The Morgan fingerprint density at radius 3 is 2.67 bits per heavy atom. The minimum absolute atomic E-state index is 0.297. The molecule has 0 radical (unpaired) electrons. The van der Waals surface area contributed by atoms with Crippen molar-refractivity contribution >= 4 is 34.3 Å². The van der Waals surface area contributed by atoms with Crippen molar-refractivity contribution in [2.75, 3.05) is 5.32 Å². The van der Waals surface area contributed by atoms with Gasteiger partial charge in [0, 0.05) is 17.3 Å². The van der Waals surface area contributed by atoms with Crippen molar-refractivity contribution < 1.29 is 9.53 Å². The zero-order valence-corrected chi connectivity index (χ0v) is 11.7. The largest absolute Gasteiger partial charge is 0.417 e. The molecule has 4 nitrogen and oxygen atoms in total. The second kappa shape index (κ2) is 5.81. The number of para-hydroxylation sites is 1. The number of halogens is 1. The number of benzene rings is 2. The molecule has 0 fully saturated rings. The Morgan fingerprint density at radius 2 is 1.86 bits per heavy atom. The zero-order valence-electron chi connectivity index (χ0n) is 10.9. The predicted molar refractivity (Wildman–Crippen MR) is 82.8 cm³/mol. The van der Waals surface area contributed by atoms with Crippen molar-refractivity contribution in [3.05, 3.63) is 65.8 Å². The standard InChI is InChI=1S/C16H11ClN2O2/c17-15-12-7-4-10-18-13(12)8-9-14(15)21-16(20)19-11-5-2-1-3-6-11/h1-10H,(H,19,20). The summed E-state index contributed by atoms with van der Waals surface area (Å²) in [4.78, 5) is 16.1. The van der Waals surface area contributed by atoms with Gasteiger partial charge in [0.05, 0.1) is 10.5 Å². The van der Waals surface area contributed by atoms with Crippen LogP contribution in [0.4, 0.5) is 10.5 Å². The molecule has 0 saturated carbocycles. The number of ether oxygens (including phenoxy) is 1. The Balaban J connectivity index is 1.82. The first kappa shape index (κ1) is 13.4. The van der Waals surface area contributed by atoms with Crippen LogP contribution >= 0.6 is 11.6 Å². The average molecular weight is 299 g/mol. The molecule has 0 atom stereocenters. The van der Waals surface area contributed by atoms with Crippen LogP contribution in [-0.2, 0) is 0 Å². The number of anilines is 1. The molecule has 0 aliphatic rings. The van der Waals surface area contributed by atoms with E-state index in [1.807, 2.05) is 24.3 Å². The molecule has 1 amide bonds. The fraction of sp³-hybridized carbons (Fsp3) is 0. The van der Waals surface area contributed by atoms with Gasteiger partial charge in [0.2, 0.25) is 0 Å². The molecule has 0 aliphatic carbocycles. The van der Waals surface area contributed by atoms with Crippen molar-refractivity contribution in [2.45, 2.75) is 0 Å². The molecule has 104 valence electrons. The van der Waals surface area contributed by atoms with Crippen LogP contribution in [0, 0.1) is 0 Å². The number of aromatic nitrogens is 1. The monoisotopic (exact) mass is 298 g/mol. The number of carbonyl (C=O) groups excluding carboxylic acids is 1. The lowest BCUT2D eigenvalue weighted by Gasteiger charge is -2.09. The second-order valence-electron chi connectivity index (χ2n) is 4.33. The van der Waals surface area contributed by atoms with Gasteiger partial charge in [-0.05, 0) is 36.4 Å². The highest BCUT2D eigenvalue weighted by atomic mass is 35.5. The summed E-state index contributed by atoms with van der Waals surface area (Å²) >= 11 is 6.24. The average Bonchev–Trinajstić information content (AvgIpc) is 2.51. The van der Waals surface area contributed by atoms with Crippen LogP contribution in [0.3, 0.4) is 0 Å². The molecule has 1 aromatic heterocycles. The maximum Gasteiger partial charge on any atom is 0.417 e. The number of pyridine rings is 1. The molecule has 5 heteroatoms. The summed E-state index contributed by atoms with van der Waals surface area (Å²) in [6, 6.07) is 16.0. The summed E-state index contributed by atoms with van der Waals surface area (Å²) in [6.45, 7) is 0. The first-order chi connectivity index (χ1) is 10.2. The number of hydrogen-bond donors (Lipinski definition) is 1. The maximum atomic E-state index is 11.9. The van der Waals surface area contributed by atoms with Gasteiger partial charge in [-0.2, -0.15) is 0 Å². The van der Waals surface area contributed by atoms with Crippen LogP contribution in [-0.4, -0.2) is 11.1 Å². The maximum absolute atomic E-state index is 11.9.